The number of fused-ring (bicyclic) bond motifs is 1. The Bertz CT molecular complexity index is 498. The summed E-state index contributed by atoms with van der Waals surface area (Å²) in [5, 5.41) is 10.2. The quantitative estimate of drug-likeness (QED) is 0.828. The molecule has 1 N–H and O–H groups in total. The average molecular weight is 247 g/mol. The zero-order valence-electron chi connectivity index (χ0n) is 10.5. The second-order valence-corrected chi connectivity index (χ2v) is 5.18. The second kappa shape index (κ2) is 4.35. The van der Waals surface area contributed by atoms with Crippen molar-refractivity contribution >= 4 is 5.78 Å². The lowest BCUT2D eigenvalue weighted by Gasteiger charge is -2.26. The molecule has 1 aliphatic heterocycles. The van der Waals surface area contributed by atoms with Gasteiger partial charge in [0.2, 0.25) is 0 Å². The monoisotopic (exact) mass is 247 g/mol. The topological polar surface area (TPSA) is 59.4 Å². The van der Waals surface area contributed by atoms with Crippen molar-refractivity contribution < 1.29 is 14.6 Å². The number of Topliss-reactive ketones (excluding diaryl/α,β-unsaturated/α-hetero) is 1. The van der Waals surface area contributed by atoms with E-state index in [0.29, 0.717) is 18.7 Å². The highest BCUT2D eigenvalue weighted by Gasteiger charge is 2.38. The number of pyridine rings is 1. The van der Waals surface area contributed by atoms with Crippen LogP contribution in [0.2, 0.25) is 0 Å². The lowest BCUT2D eigenvalue weighted by atomic mass is 9.81. The van der Waals surface area contributed by atoms with E-state index in [2.05, 4.69) is 4.98 Å². The van der Waals surface area contributed by atoms with Crippen LogP contribution in [0.3, 0.4) is 0 Å². The number of carbonyl (C=O) groups is 1. The van der Waals surface area contributed by atoms with E-state index in [9.17, 15) is 9.90 Å². The van der Waals surface area contributed by atoms with E-state index in [1.165, 1.54) is 0 Å². The van der Waals surface area contributed by atoms with Gasteiger partial charge in [-0.25, -0.2) is 0 Å². The highest BCUT2D eigenvalue weighted by molar-refractivity contribution is 5.82. The maximum absolute atomic E-state index is 12.0. The molecule has 1 unspecified atom stereocenters. The third-order valence-corrected chi connectivity index (χ3v) is 4.03. The summed E-state index contributed by atoms with van der Waals surface area (Å²) in [5.74, 6) is 0.383. The van der Waals surface area contributed by atoms with Gasteiger partial charge in [0.15, 0.2) is 0 Å². The molecule has 0 saturated heterocycles. The first kappa shape index (κ1) is 11.7. The normalized spacial score (nSPS) is 27.3. The van der Waals surface area contributed by atoms with Crippen molar-refractivity contribution in [2.75, 3.05) is 0 Å². The maximum Gasteiger partial charge on any atom is 0.142 e. The summed E-state index contributed by atoms with van der Waals surface area (Å²) in [5.41, 5.74) is 2.32. The molecule has 4 nitrogen and oxygen atoms in total. The Morgan fingerprint density at radius 3 is 3.06 bits per heavy atom. The number of hydrogen-bond donors (Lipinski definition) is 1. The minimum atomic E-state index is -0.269. The standard InChI is InChI=1S/C14H17NO3/c1-8-13(17)12-9(6-15-8)7-18-14(12)10-4-2-3-5-11(10)16/h6,10,14,17H,2-5,7H2,1H3/t10-,14?/m0/s1. The number of aromatic nitrogens is 1. The van der Waals surface area contributed by atoms with Crippen LogP contribution in [-0.2, 0) is 16.1 Å². The Labute approximate surface area is 106 Å². The Kier molecular flexibility index (Phi) is 2.82. The van der Waals surface area contributed by atoms with Crippen molar-refractivity contribution in [2.24, 2.45) is 5.92 Å². The van der Waals surface area contributed by atoms with Crippen molar-refractivity contribution in [2.45, 2.75) is 45.3 Å². The molecule has 0 amide bonds. The fraction of sp³-hybridized carbons (Fsp3) is 0.571. The first-order valence-corrected chi connectivity index (χ1v) is 6.50. The predicted molar refractivity (Wildman–Crippen MR) is 65.1 cm³/mol. The smallest absolute Gasteiger partial charge is 0.142 e. The number of aryl methyl sites for hydroxylation is 1. The minimum absolute atomic E-state index is 0.0901. The van der Waals surface area contributed by atoms with Crippen LogP contribution in [0.4, 0.5) is 0 Å². The minimum Gasteiger partial charge on any atom is -0.506 e. The highest BCUT2D eigenvalue weighted by Crippen LogP contribution is 2.45. The number of aromatic hydroxyl groups is 1. The molecule has 3 rings (SSSR count). The van der Waals surface area contributed by atoms with E-state index in [1.807, 2.05) is 0 Å². The van der Waals surface area contributed by atoms with Crippen LogP contribution < -0.4 is 0 Å². The van der Waals surface area contributed by atoms with Gasteiger partial charge in [-0.05, 0) is 19.8 Å². The molecule has 2 heterocycles. The molecule has 4 heteroatoms. The second-order valence-electron chi connectivity index (χ2n) is 5.18. The van der Waals surface area contributed by atoms with Gasteiger partial charge in [0.25, 0.3) is 0 Å². The summed E-state index contributed by atoms with van der Waals surface area (Å²) in [6.07, 6.45) is 5.04. The lowest BCUT2D eigenvalue weighted by Crippen LogP contribution is -2.25. The molecular formula is C14H17NO3. The van der Waals surface area contributed by atoms with E-state index in [1.54, 1.807) is 13.1 Å². The molecular weight excluding hydrogens is 230 g/mol. The van der Waals surface area contributed by atoms with Gasteiger partial charge < -0.3 is 9.84 Å². The van der Waals surface area contributed by atoms with E-state index >= 15 is 0 Å². The number of nitrogens with zero attached hydrogens (tertiary/aromatic N) is 1. The van der Waals surface area contributed by atoms with Gasteiger partial charge in [0.05, 0.1) is 18.4 Å². The van der Waals surface area contributed by atoms with E-state index < -0.39 is 0 Å². The molecule has 1 aromatic heterocycles. The molecule has 1 aliphatic carbocycles. The molecule has 2 aliphatic rings. The zero-order chi connectivity index (χ0) is 12.7. The van der Waals surface area contributed by atoms with Gasteiger partial charge >= 0.3 is 0 Å². The first-order valence-electron chi connectivity index (χ1n) is 6.50. The van der Waals surface area contributed by atoms with Crippen molar-refractivity contribution in [1.29, 1.82) is 0 Å². The van der Waals surface area contributed by atoms with Crippen LogP contribution in [0.1, 0.15) is 48.6 Å². The van der Waals surface area contributed by atoms with Gasteiger partial charge in [-0.3, -0.25) is 9.78 Å². The van der Waals surface area contributed by atoms with Gasteiger partial charge in [-0.2, -0.15) is 0 Å². The van der Waals surface area contributed by atoms with Gasteiger partial charge in [-0.1, -0.05) is 6.42 Å². The van der Waals surface area contributed by atoms with Crippen LogP contribution >= 0.6 is 0 Å². The number of ketones is 1. The SMILES string of the molecule is Cc1ncc2c(c1O)C([C@H]1CCCCC1=O)OC2. The Morgan fingerprint density at radius 2 is 2.28 bits per heavy atom. The van der Waals surface area contributed by atoms with Crippen LogP contribution in [0, 0.1) is 12.8 Å². The van der Waals surface area contributed by atoms with E-state index in [0.717, 1.165) is 30.4 Å². The Morgan fingerprint density at radius 1 is 1.44 bits per heavy atom. The predicted octanol–water partition coefficient (Wildman–Crippen LogP) is 2.43. The summed E-state index contributed by atoms with van der Waals surface area (Å²) in [4.78, 5) is 16.1. The largest absolute Gasteiger partial charge is 0.506 e. The first-order chi connectivity index (χ1) is 8.68. The zero-order valence-corrected chi connectivity index (χ0v) is 10.5. The summed E-state index contributed by atoms with van der Waals surface area (Å²) >= 11 is 0. The molecule has 1 fully saturated rings. The van der Waals surface area contributed by atoms with Crippen molar-refractivity contribution in [3.05, 3.63) is 23.0 Å². The number of hydrogen-bond acceptors (Lipinski definition) is 4. The van der Waals surface area contributed by atoms with Crippen molar-refractivity contribution in [1.82, 2.24) is 4.98 Å². The molecule has 0 aromatic carbocycles. The summed E-state index contributed by atoms with van der Waals surface area (Å²) in [6.45, 7) is 2.22. The molecule has 2 atom stereocenters. The van der Waals surface area contributed by atoms with Gasteiger partial charge in [0.1, 0.15) is 11.5 Å². The fourth-order valence-corrected chi connectivity index (χ4v) is 3.00. The third kappa shape index (κ3) is 1.72. The summed E-state index contributed by atoms with van der Waals surface area (Å²) < 4.78 is 5.75. The molecule has 0 bridgehead atoms. The van der Waals surface area contributed by atoms with Crippen molar-refractivity contribution in [3.8, 4) is 5.75 Å². The van der Waals surface area contributed by atoms with Crippen LogP contribution in [0.15, 0.2) is 6.20 Å². The number of carbonyl (C=O) groups excluding carboxylic acids is 1. The van der Waals surface area contributed by atoms with Crippen LogP contribution in [0.25, 0.3) is 0 Å². The lowest BCUT2D eigenvalue weighted by molar-refractivity contribution is -0.130. The fourth-order valence-electron chi connectivity index (χ4n) is 3.00. The highest BCUT2D eigenvalue weighted by atomic mass is 16.5. The van der Waals surface area contributed by atoms with Crippen LogP contribution in [-0.4, -0.2) is 15.9 Å². The molecule has 1 aromatic rings. The Hall–Kier alpha value is -1.42. The molecule has 0 radical (unpaired) electrons. The number of rotatable bonds is 1. The summed E-state index contributed by atoms with van der Waals surface area (Å²) in [7, 11) is 0. The van der Waals surface area contributed by atoms with E-state index in [-0.39, 0.29) is 23.6 Å². The molecule has 96 valence electrons. The molecule has 18 heavy (non-hydrogen) atoms. The third-order valence-electron chi connectivity index (χ3n) is 4.03. The van der Waals surface area contributed by atoms with Gasteiger partial charge in [0, 0.05) is 29.7 Å². The van der Waals surface area contributed by atoms with Gasteiger partial charge in [-0.15, -0.1) is 0 Å². The molecule has 0 spiro atoms. The van der Waals surface area contributed by atoms with Crippen LogP contribution in [0.5, 0.6) is 5.75 Å². The number of ether oxygens (including phenoxy) is 1. The average Bonchev–Trinajstić information content (AvgIpc) is 2.79. The molecule has 1 saturated carbocycles. The van der Waals surface area contributed by atoms with E-state index in [4.69, 9.17) is 4.74 Å². The maximum atomic E-state index is 12.0. The summed E-state index contributed by atoms with van der Waals surface area (Å²) in [6, 6.07) is 0. The Balaban J connectivity index is 1.98. The van der Waals surface area contributed by atoms with Crippen molar-refractivity contribution in [3.63, 3.8) is 0 Å².